The van der Waals surface area contributed by atoms with E-state index in [1.165, 1.54) is 16.3 Å². The van der Waals surface area contributed by atoms with Crippen molar-refractivity contribution in [2.45, 2.75) is 20.8 Å². The van der Waals surface area contributed by atoms with E-state index in [1.54, 1.807) is 0 Å². The fraction of sp³-hybridized carbons (Fsp3) is 0.214. The van der Waals surface area contributed by atoms with Crippen molar-refractivity contribution in [3.63, 3.8) is 0 Å². The largest absolute Gasteiger partial charge is 0.264 e. The number of hydrogen-bond donors (Lipinski definition) is 0. The molecule has 2 rings (SSSR count). The minimum absolute atomic E-state index is 1.16. The van der Waals surface area contributed by atoms with Gasteiger partial charge in [-0.15, -0.1) is 0 Å². The number of aryl methyl sites for hydroxylation is 1. The van der Waals surface area contributed by atoms with E-state index in [4.69, 9.17) is 0 Å². The molecule has 0 fully saturated rings. The summed E-state index contributed by atoms with van der Waals surface area (Å²) in [6.07, 6.45) is 5.58. The molecular formula is C14H17N. The van der Waals surface area contributed by atoms with Gasteiger partial charge >= 0.3 is 0 Å². The molecule has 0 N–H and O–H groups in total. The topological polar surface area (TPSA) is 12.9 Å². The first-order chi connectivity index (χ1) is 7.31. The predicted octanol–water partition coefficient (Wildman–Crippen LogP) is 4.21. The first kappa shape index (κ1) is 11.4. The molecule has 0 radical (unpaired) electrons. The molecule has 1 aromatic heterocycles. The third kappa shape index (κ3) is 2.44. The van der Waals surface area contributed by atoms with Crippen LogP contribution in [0.2, 0.25) is 0 Å². The lowest BCUT2D eigenvalue weighted by atomic mass is 10.0. The molecule has 78 valence electrons. The van der Waals surface area contributed by atoms with E-state index >= 15 is 0 Å². The monoisotopic (exact) mass is 199 g/mol. The minimum atomic E-state index is 1.16. The van der Waals surface area contributed by atoms with Crippen molar-refractivity contribution in [3.05, 3.63) is 48.3 Å². The lowest BCUT2D eigenvalue weighted by Gasteiger charge is -2.02. The Kier molecular flexibility index (Phi) is 4.04. The van der Waals surface area contributed by atoms with Crippen LogP contribution in [0.25, 0.3) is 16.8 Å². The summed E-state index contributed by atoms with van der Waals surface area (Å²) in [7, 11) is 0. The summed E-state index contributed by atoms with van der Waals surface area (Å²) in [6, 6.07) is 6.27. The van der Waals surface area contributed by atoms with Crippen LogP contribution in [0.3, 0.4) is 0 Å². The maximum atomic E-state index is 4.10. The average molecular weight is 199 g/mol. The van der Waals surface area contributed by atoms with Gasteiger partial charge in [-0.25, -0.2) is 0 Å². The van der Waals surface area contributed by atoms with Crippen molar-refractivity contribution in [1.82, 2.24) is 4.98 Å². The van der Waals surface area contributed by atoms with Gasteiger partial charge in [0.25, 0.3) is 0 Å². The van der Waals surface area contributed by atoms with Gasteiger partial charge in [-0.3, -0.25) is 4.98 Å². The van der Waals surface area contributed by atoms with Crippen LogP contribution in [0, 0.1) is 6.92 Å². The Morgan fingerprint density at radius 1 is 1.27 bits per heavy atom. The molecule has 0 aliphatic heterocycles. The molecule has 1 heterocycles. The Bertz CT molecular complexity index is 458. The second-order valence-electron chi connectivity index (χ2n) is 3.14. The molecule has 0 aliphatic carbocycles. The van der Waals surface area contributed by atoms with Gasteiger partial charge in [-0.1, -0.05) is 32.6 Å². The van der Waals surface area contributed by atoms with Crippen molar-refractivity contribution < 1.29 is 0 Å². The summed E-state index contributed by atoms with van der Waals surface area (Å²) in [5.74, 6) is 0. The summed E-state index contributed by atoms with van der Waals surface area (Å²) in [6.45, 7) is 9.86. The van der Waals surface area contributed by atoms with Crippen LogP contribution in [0.15, 0.2) is 37.2 Å². The molecule has 0 saturated carbocycles. The number of nitrogens with zero attached hydrogens (tertiary/aromatic N) is 1. The van der Waals surface area contributed by atoms with Crippen molar-refractivity contribution in [2.24, 2.45) is 0 Å². The first-order valence-corrected chi connectivity index (χ1v) is 5.28. The quantitative estimate of drug-likeness (QED) is 0.670. The van der Waals surface area contributed by atoms with E-state index in [-0.39, 0.29) is 0 Å². The molecule has 0 unspecified atom stereocenters. The van der Waals surface area contributed by atoms with Crippen molar-refractivity contribution >= 4 is 16.8 Å². The standard InChI is InChI=1S/C12H11N.C2H6/c1-3-10-6-9(2)12-8-13-5-4-11(12)7-10;1-2/h3-8H,1H2,2H3;1-2H3. The normalized spacial score (nSPS) is 9.27. The Labute approximate surface area is 91.5 Å². The van der Waals surface area contributed by atoms with Crippen LogP contribution >= 0.6 is 0 Å². The highest BCUT2D eigenvalue weighted by Crippen LogP contribution is 2.19. The van der Waals surface area contributed by atoms with E-state index in [0.717, 1.165) is 5.56 Å². The van der Waals surface area contributed by atoms with E-state index < -0.39 is 0 Å². The summed E-state index contributed by atoms with van der Waals surface area (Å²) < 4.78 is 0. The van der Waals surface area contributed by atoms with Crippen LogP contribution in [0.4, 0.5) is 0 Å². The van der Waals surface area contributed by atoms with Gasteiger partial charge in [-0.05, 0) is 35.6 Å². The molecule has 0 spiro atoms. The molecule has 2 aromatic rings. The molecular weight excluding hydrogens is 182 g/mol. The molecule has 0 saturated heterocycles. The summed E-state index contributed by atoms with van der Waals surface area (Å²) in [4.78, 5) is 4.10. The van der Waals surface area contributed by atoms with E-state index in [2.05, 4.69) is 30.6 Å². The zero-order valence-electron chi connectivity index (χ0n) is 9.62. The number of pyridine rings is 1. The zero-order chi connectivity index (χ0) is 11.3. The SMILES string of the molecule is C=Cc1cc(C)c2cnccc2c1.CC. The predicted molar refractivity (Wildman–Crippen MR) is 67.9 cm³/mol. The molecule has 0 atom stereocenters. The number of hydrogen-bond acceptors (Lipinski definition) is 1. The highest BCUT2D eigenvalue weighted by Gasteiger charge is 1.97. The van der Waals surface area contributed by atoms with Gasteiger partial charge in [0, 0.05) is 17.8 Å². The van der Waals surface area contributed by atoms with Crippen LogP contribution < -0.4 is 0 Å². The first-order valence-electron chi connectivity index (χ1n) is 5.28. The summed E-state index contributed by atoms with van der Waals surface area (Å²) >= 11 is 0. The fourth-order valence-electron chi connectivity index (χ4n) is 1.53. The Balaban J connectivity index is 0.000000531. The lowest BCUT2D eigenvalue weighted by molar-refractivity contribution is 1.35. The molecule has 0 bridgehead atoms. The second-order valence-corrected chi connectivity index (χ2v) is 3.14. The molecule has 0 aliphatic rings. The third-order valence-corrected chi connectivity index (χ3v) is 2.22. The maximum absolute atomic E-state index is 4.10. The molecule has 1 nitrogen and oxygen atoms in total. The third-order valence-electron chi connectivity index (χ3n) is 2.22. The Morgan fingerprint density at radius 2 is 2.00 bits per heavy atom. The van der Waals surface area contributed by atoms with Gasteiger partial charge in [0.1, 0.15) is 0 Å². The highest BCUT2D eigenvalue weighted by atomic mass is 14.6. The summed E-state index contributed by atoms with van der Waals surface area (Å²) in [5.41, 5.74) is 2.41. The minimum Gasteiger partial charge on any atom is -0.264 e. The number of fused-ring (bicyclic) bond motifs is 1. The number of benzene rings is 1. The van der Waals surface area contributed by atoms with Crippen LogP contribution in [-0.4, -0.2) is 4.98 Å². The van der Waals surface area contributed by atoms with Crippen molar-refractivity contribution in [1.29, 1.82) is 0 Å². The maximum Gasteiger partial charge on any atom is 0.0349 e. The van der Waals surface area contributed by atoms with E-state index in [0.29, 0.717) is 0 Å². The fourth-order valence-corrected chi connectivity index (χ4v) is 1.53. The summed E-state index contributed by atoms with van der Waals surface area (Å²) in [5, 5.41) is 2.44. The second kappa shape index (κ2) is 5.30. The van der Waals surface area contributed by atoms with Gasteiger partial charge in [-0.2, -0.15) is 0 Å². The van der Waals surface area contributed by atoms with Gasteiger partial charge in [0.15, 0.2) is 0 Å². The Morgan fingerprint density at radius 3 is 2.67 bits per heavy atom. The van der Waals surface area contributed by atoms with E-state index in [1.807, 2.05) is 38.4 Å². The molecule has 15 heavy (non-hydrogen) atoms. The lowest BCUT2D eigenvalue weighted by Crippen LogP contribution is -1.82. The Hall–Kier alpha value is -1.63. The van der Waals surface area contributed by atoms with Crippen LogP contribution in [-0.2, 0) is 0 Å². The molecule has 0 amide bonds. The van der Waals surface area contributed by atoms with Gasteiger partial charge < -0.3 is 0 Å². The number of rotatable bonds is 1. The van der Waals surface area contributed by atoms with Crippen LogP contribution in [0.5, 0.6) is 0 Å². The van der Waals surface area contributed by atoms with Gasteiger partial charge in [0.05, 0.1) is 0 Å². The number of aromatic nitrogens is 1. The van der Waals surface area contributed by atoms with Crippen molar-refractivity contribution in [2.75, 3.05) is 0 Å². The van der Waals surface area contributed by atoms with Crippen molar-refractivity contribution in [3.8, 4) is 0 Å². The smallest absolute Gasteiger partial charge is 0.0349 e. The highest BCUT2D eigenvalue weighted by molar-refractivity contribution is 5.86. The van der Waals surface area contributed by atoms with Gasteiger partial charge in [0.2, 0.25) is 0 Å². The zero-order valence-corrected chi connectivity index (χ0v) is 9.62. The van der Waals surface area contributed by atoms with Crippen LogP contribution in [0.1, 0.15) is 25.0 Å². The average Bonchev–Trinajstić information content (AvgIpc) is 2.31. The molecule has 1 heteroatoms. The van der Waals surface area contributed by atoms with E-state index in [9.17, 15) is 0 Å². The molecule has 1 aromatic carbocycles.